The summed E-state index contributed by atoms with van der Waals surface area (Å²) < 4.78 is 5.45. The van der Waals surface area contributed by atoms with Gasteiger partial charge in [0.15, 0.2) is 0 Å². The quantitative estimate of drug-likeness (QED) is 0.748. The summed E-state index contributed by atoms with van der Waals surface area (Å²) in [5, 5.41) is 22.3. The zero-order valence-electron chi connectivity index (χ0n) is 15.5. The average Bonchev–Trinajstić information content (AvgIpc) is 2.91. The fraction of sp³-hybridized carbons (Fsp3) is 0.579. The standard InChI is InChI=1S/C19H26N2O5/c1-18(2,3)26-17(25)21-8-6-19(7-9-21)11-20-15-13(10-22)12(16(23)24)4-5-14(15)19/h4-5,20,22H,6-11H2,1-3H3,(H,23,24). The summed E-state index contributed by atoms with van der Waals surface area (Å²) in [4.78, 5) is 25.4. The molecule has 7 heteroatoms. The number of carbonyl (C=O) groups excluding carboxylic acids is 1. The highest BCUT2D eigenvalue weighted by Crippen LogP contribution is 2.46. The number of carbonyl (C=O) groups is 2. The number of fused-ring (bicyclic) bond motifs is 2. The largest absolute Gasteiger partial charge is 0.478 e. The second-order valence-corrected chi connectivity index (χ2v) is 8.08. The Labute approximate surface area is 152 Å². The van der Waals surface area contributed by atoms with Crippen molar-refractivity contribution in [2.45, 2.75) is 51.2 Å². The fourth-order valence-corrected chi connectivity index (χ4v) is 3.90. The Kier molecular flexibility index (Phi) is 4.60. The summed E-state index contributed by atoms with van der Waals surface area (Å²) >= 11 is 0. The maximum atomic E-state index is 12.3. The molecule has 1 amide bonds. The predicted octanol–water partition coefficient (Wildman–Crippen LogP) is 2.57. The first kappa shape index (κ1) is 18.5. The number of aliphatic hydroxyl groups excluding tert-OH is 1. The van der Waals surface area contributed by atoms with Crippen molar-refractivity contribution in [3.8, 4) is 0 Å². The number of benzene rings is 1. The Morgan fingerprint density at radius 2 is 1.92 bits per heavy atom. The van der Waals surface area contributed by atoms with Gasteiger partial charge < -0.3 is 25.2 Å². The van der Waals surface area contributed by atoms with Crippen LogP contribution in [0.3, 0.4) is 0 Å². The van der Waals surface area contributed by atoms with Crippen LogP contribution in [-0.2, 0) is 16.8 Å². The number of nitrogens with one attached hydrogen (secondary N) is 1. The first-order valence-corrected chi connectivity index (χ1v) is 8.89. The smallest absolute Gasteiger partial charge is 0.410 e. The van der Waals surface area contributed by atoms with E-state index in [-0.39, 0.29) is 23.7 Å². The van der Waals surface area contributed by atoms with Crippen LogP contribution >= 0.6 is 0 Å². The Hall–Kier alpha value is -2.28. The SMILES string of the molecule is CC(C)(C)OC(=O)N1CCC2(CC1)CNc1c2ccc(C(=O)O)c1CO. The van der Waals surface area contributed by atoms with Crippen LogP contribution in [0.25, 0.3) is 0 Å². The lowest BCUT2D eigenvalue weighted by atomic mass is 9.74. The van der Waals surface area contributed by atoms with Gasteiger partial charge in [-0.05, 0) is 45.2 Å². The summed E-state index contributed by atoms with van der Waals surface area (Å²) in [7, 11) is 0. The maximum Gasteiger partial charge on any atom is 0.410 e. The zero-order chi connectivity index (χ0) is 19.1. The molecule has 3 N–H and O–H groups in total. The van der Waals surface area contributed by atoms with Gasteiger partial charge in [0.25, 0.3) is 0 Å². The highest BCUT2D eigenvalue weighted by molar-refractivity contribution is 5.92. The molecule has 2 aliphatic rings. The summed E-state index contributed by atoms with van der Waals surface area (Å²) in [6.07, 6.45) is 1.24. The number of piperidine rings is 1. The normalized spacial score (nSPS) is 18.4. The van der Waals surface area contributed by atoms with Gasteiger partial charge in [-0.1, -0.05) is 6.07 Å². The van der Waals surface area contributed by atoms with Crippen LogP contribution in [0.5, 0.6) is 0 Å². The molecule has 2 heterocycles. The third kappa shape index (κ3) is 3.23. The van der Waals surface area contributed by atoms with Crippen molar-refractivity contribution in [3.05, 3.63) is 28.8 Å². The maximum absolute atomic E-state index is 12.3. The summed E-state index contributed by atoms with van der Waals surface area (Å²) in [5.74, 6) is -1.04. The molecule has 1 spiro atoms. The summed E-state index contributed by atoms with van der Waals surface area (Å²) in [5.41, 5.74) is 1.67. The predicted molar refractivity (Wildman–Crippen MR) is 96.5 cm³/mol. The number of amides is 1. The van der Waals surface area contributed by atoms with Crippen LogP contribution in [0.15, 0.2) is 12.1 Å². The molecule has 0 saturated carbocycles. The van der Waals surface area contributed by atoms with Gasteiger partial charge in [0.2, 0.25) is 0 Å². The molecular weight excluding hydrogens is 336 g/mol. The van der Waals surface area contributed by atoms with Crippen molar-refractivity contribution < 1.29 is 24.5 Å². The van der Waals surface area contributed by atoms with E-state index in [4.69, 9.17) is 4.74 Å². The Bertz CT molecular complexity index is 730. The van der Waals surface area contributed by atoms with Gasteiger partial charge in [-0.25, -0.2) is 9.59 Å². The first-order chi connectivity index (χ1) is 12.2. The Morgan fingerprint density at radius 1 is 1.27 bits per heavy atom. The minimum atomic E-state index is -1.04. The van der Waals surface area contributed by atoms with Crippen LogP contribution in [0, 0.1) is 0 Å². The molecule has 3 rings (SSSR count). The van der Waals surface area contributed by atoms with Crippen LogP contribution in [0.2, 0.25) is 0 Å². The van der Waals surface area contributed by atoms with E-state index in [0.717, 1.165) is 24.1 Å². The molecule has 0 atom stereocenters. The van der Waals surface area contributed by atoms with Gasteiger partial charge in [0.05, 0.1) is 12.2 Å². The lowest BCUT2D eigenvalue weighted by Crippen LogP contribution is -2.47. The van der Waals surface area contributed by atoms with Crippen molar-refractivity contribution in [2.24, 2.45) is 0 Å². The summed E-state index contributed by atoms with van der Waals surface area (Å²) in [6.45, 7) is 7.09. The summed E-state index contributed by atoms with van der Waals surface area (Å²) in [6, 6.07) is 3.42. The van der Waals surface area contributed by atoms with Gasteiger partial charge >= 0.3 is 12.1 Å². The number of carboxylic acid groups (broad SMARTS) is 1. The van der Waals surface area contributed by atoms with Crippen molar-refractivity contribution in [1.29, 1.82) is 0 Å². The van der Waals surface area contributed by atoms with E-state index in [1.807, 2.05) is 26.8 Å². The second kappa shape index (κ2) is 6.46. The van der Waals surface area contributed by atoms with E-state index < -0.39 is 11.6 Å². The van der Waals surface area contributed by atoms with Gasteiger partial charge in [0, 0.05) is 36.3 Å². The lowest BCUT2D eigenvalue weighted by molar-refractivity contribution is 0.0172. The number of aliphatic hydroxyl groups is 1. The zero-order valence-corrected chi connectivity index (χ0v) is 15.5. The molecule has 0 aromatic heterocycles. The van der Waals surface area contributed by atoms with E-state index in [9.17, 15) is 19.8 Å². The molecule has 1 aromatic carbocycles. The Morgan fingerprint density at radius 3 is 2.46 bits per heavy atom. The van der Waals surface area contributed by atoms with E-state index in [1.54, 1.807) is 11.0 Å². The third-order valence-corrected chi connectivity index (χ3v) is 5.25. The first-order valence-electron chi connectivity index (χ1n) is 8.89. The lowest BCUT2D eigenvalue weighted by Gasteiger charge is -2.39. The van der Waals surface area contributed by atoms with Crippen molar-refractivity contribution in [2.75, 3.05) is 25.0 Å². The number of nitrogens with zero attached hydrogens (tertiary/aromatic N) is 1. The number of anilines is 1. The minimum absolute atomic E-state index is 0.127. The molecule has 2 aliphatic heterocycles. The minimum Gasteiger partial charge on any atom is -0.478 e. The van der Waals surface area contributed by atoms with Crippen molar-refractivity contribution in [3.63, 3.8) is 0 Å². The molecule has 0 radical (unpaired) electrons. The van der Waals surface area contributed by atoms with E-state index in [2.05, 4.69) is 5.32 Å². The number of carboxylic acids is 1. The van der Waals surface area contributed by atoms with Gasteiger partial charge in [-0.2, -0.15) is 0 Å². The molecule has 1 saturated heterocycles. The van der Waals surface area contributed by atoms with E-state index in [1.165, 1.54) is 0 Å². The number of hydrogen-bond acceptors (Lipinski definition) is 5. The molecule has 142 valence electrons. The highest BCUT2D eigenvalue weighted by atomic mass is 16.6. The molecule has 0 aliphatic carbocycles. The molecule has 26 heavy (non-hydrogen) atoms. The highest BCUT2D eigenvalue weighted by Gasteiger charge is 2.44. The van der Waals surface area contributed by atoms with Crippen LogP contribution < -0.4 is 5.32 Å². The molecule has 7 nitrogen and oxygen atoms in total. The fourth-order valence-electron chi connectivity index (χ4n) is 3.90. The number of rotatable bonds is 2. The number of aromatic carboxylic acids is 1. The van der Waals surface area contributed by atoms with Crippen molar-refractivity contribution >= 4 is 17.7 Å². The molecular formula is C19H26N2O5. The number of hydrogen-bond donors (Lipinski definition) is 3. The van der Waals surface area contributed by atoms with Crippen LogP contribution in [-0.4, -0.2) is 52.4 Å². The number of likely N-dealkylation sites (tertiary alicyclic amines) is 1. The van der Waals surface area contributed by atoms with Gasteiger partial charge in [-0.3, -0.25) is 0 Å². The van der Waals surface area contributed by atoms with E-state index in [0.29, 0.717) is 25.2 Å². The number of ether oxygens (including phenoxy) is 1. The molecule has 0 unspecified atom stereocenters. The monoisotopic (exact) mass is 362 g/mol. The average molecular weight is 362 g/mol. The van der Waals surface area contributed by atoms with Crippen molar-refractivity contribution in [1.82, 2.24) is 4.90 Å². The second-order valence-electron chi connectivity index (χ2n) is 8.08. The van der Waals surface area contributed by atoms with E-state index >= 15 is 0 Å². The Balaban J connectivity index is 1.80. The van der Waals surface area contributed by atoms with Crippen LogP contribution in [0.1, 0.15) is 55.1 Å². The molecule has 1 fully saturated rings. The molecule has 0 bridgehead atoms. The van der Waals surface area contributed by atoms with Crippen LogP contribution in [0.4, 0.5) is 10.5 Å². The topological polar surface area (TPSA) is 99.1 Å². The van der Waals surface area contributed by atoms with Gasteiger partial charge in [-0.15, -0.1) is 0 Å². The third-order valence-electron chi connectivity index (χ3n) is 5.25. The molecule has 1 aromatic rings. The van der Waals surface area contributed by atoms with Gasteiger partial charge in [0.1, 0.15) is 5.60 Å².